The van der Waals surface area contributed by atoms with Crippen LogP contribution in [0.3, 0.4) is 0 Å². The first-order valence-corrected chi connectivity index (χ1v) is 15.2. The molecule has 3 amide bonds. The Hall–Kier alpha value is -4.63. The van der Waals surface area contributed by atoms with Crippen molar-refractivity contribution in [1.29, 1.82) is 0 Å². The van der Waals surface area contributed by atoms with Crippen molar-refractivity contribution in [2.75, 3.05) is 16.8 Å². The standard InChI is InChI=1S/C30H22F3N3O7S2/c1-2-42-28(40)15-9-11-16(12-10-15)36-25(38)22-21(19-8-5-13-43-19)24-27(44-23(22)26(36)39)35(29(41)45-24)14-20(37)34-18-7-4-3-6-17(18)30(31,32)33/h3-13,21-23H,2,14H2,1H3,(H,34,37). The van der Waals surface area contributed by atoms with Crippen molar-refractivity contribution in [3.05, 3.63) is 98.4 Å². The van der Waals surface area contributed by atoms with Crippen LogP contribution in [0.5, 0.6) is 0 Å². The normalized spacial score (nSPS) is 19.3. The van der Waals surface area contributed by atoms with Gasteiger partial charge in [0.05, 0.1) is 57.1 Å². The number of halogens is 3. The molecule has 1 fully saturated rings. The number of nitrogens with zero attached hydrogens (tertiary/aromatic N) is 2. The summed E-state index contributed by atoms with van der Waals surface area (Å²) in [6.45, 7) is 1.21. The lowest BCUT2D eigenvalue weighted by molar-refractivity contribution is -0.137. The van der Waals surface area contributed by atoms with Gasteiger partial charge in [0.15, 0.2) is 0 Å². The first-order chi connectivity index (χ1) is 21.5. The summed E-state index contributed by atoms with van der Waals surface area (Å²) in [7, 11) is 0. The molecule has 6 rings (SSSR count). The number of aromatic nitrogens is 1. The molecule has 15 heteroatoms. The molecule has 232 valence electrons. The number of thioether (sulfide) groups is 1. The summed E-state index contributed by atoms with van der Waals surface area (Å²) in [5, 5.41) is 1.46. The maximum atomic E-state index is 13.9. The molecule has 0 bridgehead atoms. The summed E-state index contributed by atoms with van der Waals surface area (Å²) in [4.78, 5) is 66.8. The van der Waals surface area contributed by atoms with Crippen molar-refractivity contribution in [2.45, 2.75) is 35.8 Å². The molecular weight excluding hydrogens is 635 g/mol. The van der Waals surface area contributed by atoms with Gasteiger partial charge >= 0.3 is 17.0 Å². The summed E-state index contributed by atoms with van der Waals surface area (Å²) in [6, 6.07) is 13.5. The predicted molar refractivity (Wildman–Crippen MR) is 157 cm³/mol. The van der Waals surface area contributed by atoms with E-state index >= 15 is 0 Å². The molecule has 4 heterocycles. The van der Waals surface area contributed by atoms with Gasteiger partial charge in [-0.3, -0.25) is 23.7 Å². The number of nitrogens with one attached hydrogen (secondary N) is 1. The number of amides is 3. The third-order valence-electron chi connectivity index (χ3n) is 7.34. The molecule has 10 nitrogen and oxygen atoms in total. The van der Waals surface area contributed by atoms with Gasteiger partial charge in [0.25, 0.3) is 0 Å². The Morgan fingerprint density at radius 3 is 2.40 bits per heavy atom. The minimum absolute atomic E-state index is 0.177. The number of carbonyl (C=O) groups excluding carboxylic acids is 4. The van der Waals surface area contributed by atoms with Crippen molar-refractivity contribution < 1.29 is 41.5 Å². The largest absolute Gasteiger partial charge is 0.469 e. The molecule has 0 radical (unpaired) electrons. The highest BCUT2D eigenvalue weighted by atomic mass is 32.2. The highest BCUT2D eigenvalue weighted by Crippen LogP contribution is 2.54. The number of anilines is 2. The highest BCUT2D eigenvalue weighted by Gasteiger charge is 2.57. The molecular formula is C30H22F3N3O7S2. The lowest BCUT2D eigenvalue weighted by Gasteiger charge is -2.29. The van der Waals surface area contributed by atoms with Gasteiger partial charge in [0.1, 0.15) is 17.6 Å². The van der Waals surface area contributed by atoms with E-state index in [9.17, 15) is 37.1 Å². The summed E-state index contributed by atoms with van der Waals surface area (Å²) >= 11 is 1.71. The molecule has 2 aliphatic heterocycles. The van der Waals surface area contributed by atoms with Gasteiger partial charge in [-0.2, -0.15) is 13.2 Å². The molecule has 4 aromatic rings. The summed E-state index contributed by atoms with van der Waals surface area (Å²) < 4.78 is 52.2. The predicted octanol–water partition coefficient (Wildman–Crippen LogP) is 5.13. The van der Waals surface area contributed by atoms with E-state index in [0.717, 1.165) is 44.7 Å². The van der Waals surface area contributed by atoms with Gasteiger partial charge in [0.2, 0.25) is 17.7 Å². The average Bonchev–Trinajstić information content (AvgIpc) is 3.70. The van der Waals surface area contributed by atoms with E-state index in [1.165, 1.54) is 42.7 Å². The Morgan fingerprint density at radius 2 is 1.73 bits per heavy atom. The molecule has 2 aliphatic rings. The van der Waals surface area contributed by atoms with E-state index in [2.05, 4.69) is 5.32 Å². The maximum Gasteiger partial charge on any atom is 0.418 e. The number of hydrogen-bond donors (Lipinski definition) is 1. The smallest absolute Gasteiger partial charge is 0.418 e. The van der Waals surface area contributed by atoms with Crippen LogP contribution in [0.15, 0.2) is 81.2 Å². The zero-order valence-electron chi connectivity index (χ0n) is 23.2. The Kier molecular flexibility index (Phi) is 7.91. The maximum absolute atomic E-state index is 13.9. The number of rotatable bonds is 7. The average molecular weight is 658 g/mol. The van der Waals surface area contributed by atoms with Crippen molar-refractivity contribution in [1.82, 2.24) is 4.57 Å². The molecule has 3 atom stereocenters. The van der Waals surface area contributed by atoms with Crippen LogP contribution >= 0.6 is 23.1 Å². The van der Waals surface area contributed by atoms with Crippen molar-refractivity contribution in [2.24, 2.45) is 5.92 Å². The van der Waals surface area contributed by atoms with Crippen LogP contribution in [0.4, 0.5) is 24.5 Å². The van der Waals surface area contributed by atoms with Crippen LogP contribution in [0.2, 0.25) is 0 Å². The number of benzene rings is 2. The Labute approximate surface area is 260 Å². The first kappa shape index (κ1) is 30.4. The number of esters is 1. The van der Waals surface area contributed by atoms with Crippen LogP contribution in [-0.4, -0.2) is 40.1 Å². The van der Waals surface area contributed by atoms with Gasteiger partial charge in [0, 0.05) is 0 Å². The molecule has 45 heavy (non-hydrogen) atoms. The monoisotopic (exact) mass is 657 g/mol. The minimum atomic E-state index is -4.72. The van der Waals surface area contributed by atoms with E-state index < -0.39 is 69.6 Å². The number of carbonyl (C=O) groups is 4. The van der Waals surface area contributed by atoms with Crippen LogP contribution < -0.4 is 15.1 Å². The quantitative estimate of drug-likeness (QED) is 0.214. The van der Waals surface area contributed by atoms with Crippen molar-refractivity contribution in [3.8, 4) is 0 Å². The minimum Gasteiger partial charge on any atom is -0.469 e. The Morgan fingerprint density at radius 1 is 1.00 bits per heavy atom. The fraction of sp³-hybridized carbons (Fsp3) is 0.233. The van der Waals surface area contributed by atoms with Crippen molar-refractivity contribution in [3.63, 3.8) is 0 Å². The number of ether oxygens (including phenoxy) is 1. The van der Waals surface area contributed by atoms with Crippen LogP contribution in [0.1, 0.15) is 39.4 Å². The summed E-state index contributed by atoms with van der Waals surface area (Å²) in [5.74, 6) is -4.05. The topological polar surface area (TPSA) is 128 Å². The van der Waals surface area contributed by atoms with Crippen LogP contribution in [0, 0.1) is 5.92 Å². The summed E-state index contributed by atoms with van der Waals surface area (Å²) in [5.41, 5.74) is -1.04. The Bertz CT molecular complexity index is 1870. The number of thiazole rings is 1. The number of furan rings is 1. The molecule has 0 spiro atoms. The molecule has 1 N–H and O–H groups in total. The third kappa shape index (κ3) is 5.46. The first-order valence-electron chi connectivity index (χ1n) is 13.5. The molecule has 0 saturated carbocycles. The Balaban J connectivity index is 1.33. The SMILES string of the molecule is CCOC(=O)c1ccc(N2C(=O)C3Sc4c(sc(=O)n4CC(=O)Nc4ccccc4C(F)(F)F)C(c4ccco4)C3C2=O)cc1. The van der Waals surface area contributed by atoms with E-state index in [1.54, 1.807) is 19.1 Å². The van der Waals surface area contributed by atoms with Gasteiger partial charge in [-0.25, -0.2) is 9.69 Å². The number of imide groups is 1. The molecule has 3 unspecified atom stereocenters. The van der Waals surface area contributed by atoms with Gasteiger partial charge in [-0.15, -0.1) is 0 Å². The zero-order chi connectivity index (χ0) is 32.0. The number of fused-ring (bicyclic) bond motifs is 2. The molecule has 2 aromatic heterocycles. The van der Waals surface area contributed by atoms with E-state index in [0.29, 0.717) is 10.6 Å². The fourth-order valence-corrected chi connectivity index (χ4v) is 8.17. The zero-order valence-corrected chi connectivity index (χ0v) is 24.8. The number of alkyl halides is 3. The lowest BCUT2D eigenvalue weighted by Crippen LogP contribution is -2.32. The fourth-order valence-electron chi connectivity index (χ4n) is 5.42. The second-order valence-corrected chi connectivity index (χ2v) is 12.2. The van der Waals surface area contributed by atoms with Crippen molar-refractivity contribution >= 4 is 58.2 Å². The highest BCUT2D eigenvalue weighted by molar-refractivity contribution is 8.00. The molecule has 1 saturated heterocycles. The van der Waals surface area contributed by atoms with Gasteiger partial charge in [-0.1, -0.05) is 35.2 Å². The van der Waals surface area contributed by atoms with Crippen LogP contribution in [-0.2, 0) is 31.8 Å². The van der Waals surface area contributed by atoms with E-state index in [1.807, 2.05) is 0 Å². The number of hydrogen-bond acceptors (Lipinski definition) is 9. The molecule has 0 aliphatic carbocycles. The van der Waals surface area contributed by atoms with E-state index in [-0.39, 0.29) is 22.9 Å². The van der Waals surface area contributed by atoms with Crippen LogP contribution in [0.25, 0.3) is 0 Å². The number of para-hydroxylation sites is 1. The third-order valence-corrected chi connectivity index (χ3v) is 9.95. The van der Waals surface area contributed by atoms with Gasteiger partial charge in [-0.05, 0) is 55.5 Å². The van der Waals surface area contributed by atoms with E-state index in [4.69, 9.17) is 9.15 Å². The summed E-state index contributed by atoms with van der Waals surface area (Å²) in [6.07, 6.45) is -3.33. The second-order valence-electron chi connectivity index (χ2n) is 10.1. The second kappa shape index (κ2) is 11.7. The van der Waals surface area contributed by atoms with Gasteiger partial charge < -0.3 is 14.5 Å². The lowest BCUT2D eigenvalue weighted by atomic mass is 9.87. The molecule has 2 aromatic carbocycles.